The Balaban J connectivity index is 1.54. The summed E-state index contributed by atoms with van der Waals surface area (Å²) >= 11 is 1.77. The number of para-hydroxylation sites is 1. The summed E-state index contributed by atoms with van der Waals surface area (Å²) in [6.07, 6.45) is 7.33. The van der Waals surface area contributed by atoms with Crippen LogP contribution in [0.15, 0.2) is 59.5 Å². The topological polar surface area (TPSA) is 37.0 Å². The highest BCUT2D eigenvalue weighted by Gasteiger charge is 2.13. The molecule has 1 saturated heterocycles. The Hall–Kier alpha value is -2.04. The van der Waals surface area contributed by atoms with Gasteiger partial charge in [-0.3, -0.25) is 0 Å². The molecule has 1 fully saturated rings. The number of piperidine rings is 1. The second-order valence-corrected chi connectivity index (χ2v) is 8.40. The Kier molecular flexibility index (Phi) is 6.50. The number of hydrogen-bond acceptors (Lipinski definition) is 4. The number of benzene rings is 2. The molecule has 4 rings (SSSR count). The van der Waals surface area contributed by atoms with Gasteiger partial charge in [-0.05, 0) is 69.1 Å². The molecular weight excluding hydrogens is 362 g/mol. The third-order valence-corrected chi connectivity index (χ3v) is 6.40. The number of hydrogen-bond donors (Lipinski definition) is 2. The molecule has 3 aromatic rings. The van der Waals surface area contributed by atoms with E-state index in [1.807, 2.05) is 0 Å². The van der Waals surface area contributed by atoms with E-state index in [1.54, 1.807) is 11.8 Å². The van der Waals surface area contributed by atoms with Crippen LogP contribution in [-0.4, -0.2) is 30.9 Å². The van der Waals surface area contributed by atoms with Crippen LogP contribution in [0.3, 0.4) is 0 Å². The van der Waals surface area contributed by atoms with Gasteiger partial charge in [0.1, 0.15) is 0 Å². The van der Waals surface area contributed by atoms with E-state index in [1.165, 1.54) is 60.3 Å². The van der Waals surface area contributed by atoms with Gasteiger partial charge in [-0.15, -0.1) is 11.8 Å². The van der Waals surface area contributed by atoms with Crippen molar-refractivity contribution in [2.24, 2.45) is 5.92 Å². The molecule has 1 atom stereocenters. The highest BCUT2D eigenvalue weighted by Crippen LogP contribution is 2.33. The monoisotopic (exact) mass is 391 g/mol. The maximum Gasteiger partial charge on any atom is 0.0741 e. The van der Waals surface area contributed by atoms with Crippen LogP contribution in [-0.2, 0) is 0 Å². The largest absolute Gasteiger partial charge is 0.384 e. The third-order valence-electron chi connectivity index (χ3n) is 5.60. The maximum absolute atomic E-state index is 4.95. The molecule has 2 N–H and O–H groups in total. The summed E-state index contributed by atoms with van der Waals surface area (Å²) in [5.41, 5.74) is 4.49. The molecule has 28 heavy (non-hydrogen) atoms. The predicted molar refractivity (Wildman–Crippen MR) is 122 cm³/mol. The molecule has 1 aliphatic heterocycles. The lowest BCUT2D eigenvalue weighted by atomic mass is 9.95. The van der Waals surface area contributed by atoms with Crippen LogP contribution in [0.4, 0.5) is 5.69 Å². The first-order valence-electron chi connectivity index (χ1n) is 10.3. The first kappa shape index (κ1) is 19.3. The molecule has 3 nitrogen and oxygen atoms in total. The Morgan fingerprint density at radius 3 is 2.86 bits per heavy atom. The standard InChI is InChI=1S/C24H29N3S/c1-28-24-13-5-3-11-20(24)23-16-22(19-10-2-4-12-21(19)27-23)26-15-7-9-18-8-6-14-25-17-18/h2-5,10-13,16,18,25H,6-9,14-15,17H2,1H3,(H,26,27). The molecule has 0 spiro atoms. The van der Waals surface area contributed by atoms with E-state index in [0.717, 1.165) is 23.7 Å². The van der Waals surface area contributed by atoms with Gasteiger partial charge in [0.05, 0.1) is 11.2 Å². The van der Waals surface area contributed by atoms with Crippen molar-refractivity contribution in [3.63, 3.8) is 0 Å². The number of pyridine rings is 1. The van der Waals surface area contributed by atoms with E-state index in [4.69, 9.17) is 4.98 Å². The lowest BCUT2D eigenvalue weighted by Crippen LogP contribution is -2.29. The first-order chi connectivity index (χ1) is 13.8. The zero-order chi connectivity index (χ0) is 19.2. The van der Waals surface area contributed by atoms with Gasteiger partial charge in [0, 0.05) is 28.1 Å². The van der Waals surface area contributed by atoms with E-state index in [-0.39, 0.29) is 0 Å². The van der Waals surface area contributed by atoms with E-state index in [9.17, 15) is 0 Å². The molecule has 1 aromatic heterocycles. The molecule has 0 aliphatic carbocycles. The van der Waals surface area contributed by atoms with E-state index < -0.39 is 0 Å². The van der Waals surface area contributed by atoms with Crippen molar-refractivity contribution in [3.05, 3.63) is 54.6 Å². The van der Waals surface area contributed by atoms with Crippen LogP contribution in [0, 0.1) is 5.92 Å². The molecule has 0 saturated carbocycles. The molecular formula is C24H29N3S. The molecule has 0 bridgehead atoms. The highest BCUT2D eigenvalue weighted by molar-refractivity contribution is 7.98. The molecule has 0 amide bonds. The Morgan fingerprint density at radius 2 is 2.00 bits per heavy atom. The lowest BCUT2D eigenvalue weighted by molar-refractivity contribution is 0.353. The number of fused-ring (bicyclic) bond motifs is 1. The summed E-state index contributed by atoms with van der Waals surface area (Å²) < 4.78 is 0. The fourth-order valence-electron chi connectivity index (χ4n) is 4.10. The lowest BCUT2D eigenvalue weighted by Gasteiger charge is -2.22. The highest BCUT2D eigenvalue weighted by atomic mass is 32.2. The van der Waals surface area contributed by atoms with Crippen LogP contribution in [0.2, 0.25) is 0 Å². The fourth-order valence-corrected chi connectivity index (χ4v) is 4.71. The van der Waals surface area contributed by atoms with Crippen LogP contribution in [0.25, 0.3) is 22.2 Å². The zero-order valence-electron chi connectivity index (χ0n) is 16.6. The van der Waals surface area contributed by atoms with E-state index in [0.29, 0.717) is 0 Å². The van der Waals surface area contributed by atoms with Gasteiger partial charge in [-0.25, -0.2) is 4.98 Å². The quantitative estimate of drug-likeness (QED) is 0.393. The predicted octanol–water partition coefficient (Wildman–Crippen LogP) is 5.82. The second-order valence-electron chi connectivity index (χ2n) is 7.55. The van der Waals surface area contributed by atoms with Gasteiger partial charge in [-0.2, -0.15) is 0 Å². The zero-order valence-corrected chi connectivity index (χ0v) is 17.4. The van der Waals surface area contributed by atoms with Crippen molar-refractivity contribution in [2.45, 2.75) is 30.6 Å². The Bertz CT molecular complexity index is 919. The first-order valence-corrected chi connectivity index (χ1v) is 11.6. The van der Waals surface area contributed by atoms with Crippen molar-refractivity contribution in [1.29, 1.82) is 0 Å². The van der Waals surface area contributed by atoms with Crippen molar-refractivity contribution in [3.8, 4) is 11.3 Å². The number of nitrogens with one attached hydrogen (secondary N) is 2. The summed E-state index contributed by atoms with van der Waals surface area (Å²) in [7, 11) is 0. The minimum Gasteiger partial charge on any atom is -0.384 e. The average molecular weight is 392 g/mol. The number of anilines is 1. The van der Waals surface area contributed by atoms with E-state index in [2.05, 4.69) is 71.5 Å². The number of thioether (sulfide) groups is 1. The Morgan fingerprint density at radius 1 is 1.14 bits per heavy atom. The van der Waals surface area contributed by atoms with Crippen molar-refractivity contribution in [2.75, 3.05) is 31.2 Å². The maximum atomic E-state index is 4.95. The smallest absolute Gasteiger partial charge is 0.0741 e. The van der Waals surface area contributed by atoms with Crippen molar-refractivity contribution in [1.82, 2.24) is 10.3 Å². The third kappa shape index (κ3) is 4.50. The summed E-state index contributed by atoms with van der Waals surface area (Å²) in [4.78, 5) is 6.22. The molecule has 4 heteroatoms. The minimum atomic E-state index is 0.841. The van der Waals surface area contributed by atoms with Gasteiger partial charge in [0.25, 0.3) is 0 Å². The Labute approximate surface area is 172 Å². The van der Waals surface area contributed by atoms with Crippen molar-refractivity contribution >= 4 is 28.4 Å². The minimum absolute atomic E-state index is 0.841. The van der Waals surface area contributed by atoms with Gasteiger partial charge in [0.15, 0.2) is 0 Å². The van der Waals surface area contributed by atoms with Gasteiger partial charge in [0.2, 0.25) is 0 Å². The molecule has 1 unspecified atom stereocenters. The SMILES string of the molecule is CSc1ccccc1-c1cc(NCCCC2CCCNC2)c2ccccc2n1. The van der Waals surface area contributed by atoms with Crippen molar-refractivity contribution < 1.29 is 0 Å². The fraction of sp³-hybridized carbons (Fsp3) is 0.375. The summed E-state index contributed by atoms with van der Waals surface area (Å²) in [5, 5.41) is 8.43. The summed E-state index contributed by atoms with van der Waals surface area (Å²) in [6.45, 7) is 3.39. The second kappa shape index (κ2) is 9.44. The molecule has 2 heterocycles. The van der Waals surface area contributed by atoms with Crippen LogP contribution in [0.1, 0.15) is 25.7 Å². The van der Waals surface area contributed by atoms with Crippen LogP contribution >= 0.6 is 11.8 Å². The molecule has 1 aliphatic rings. The summed E-state index contributed by atoms with van der Waals surface area (Å²) in [6, 6.07) is 19.2. The average Bonchev–Trinajstić information content (AvgIpc) is 2.77. The number of aromatic nitrogens is 1. The normalized spacial score (nSPS) is 17.0. The van der Waals surface area contributed by atoms with Crippen LogP contribution in [0.5, 0.6) is 0 Å². The van der Waals surface area contributed by atoms with Crippen LogP contribution < -0.4 is 10.6 Å². The number of nitrogens with zero attached hydrogens (tertiary/aromatic N) is 1. The molecule has 2 aromatic carbocycles. The van der Waals surface area contributed by atoms with E-state index >= 15 is 0 Å². The molecule has 0 radical (unpaired) electrons. The molecule has 146 valence electrons. The van der Waals surface area contributed by atoms with Gasteiger partial charge < -0.3 is 10.6 Å². The number of rotatable bonds is 7. The summed E-state index contributed by atoms with van der Waals surface area (Å²) in [5.74, 6) is 0.841. The van der Waals surface area contributed by atoms with Gasteiger partial charge in [-0.1, -0.05) is 36.4 Å². The van der Waals surface area contributed by atoms with Gasteiger partial charge >= 0.3 is 0 Å².